The van der Waals surface area contributed by atoms with E-state index in [1.165, 1.54) is 11.2 Å². The number of carbonyl (C=O) groups excluding carboxylic acids is 2. The SMILES string of the molecule is O=C(O)C1CCN(C(=O)C2Cc3ccccc3CN2C(=O)c2ccco2)C1. The number of fused-ring (bicyclic) bond motifs is 1. The van der Waals surface area contributed by atoms with Crippen molar-refractivity contribution >= 4 is 17.8 Å². The number of furan rings is 1. The van der Waals surface area contributed by atoms with Crippen molar-refractivity contribution in [3.8, 4) is 0 Å². The van der Waals surface area contributed by atoms with Gasteiger partial charge in [0.25, 0.3) is 5.91 Å². The first-order valence-electron chi connectivity index (χ1n) is 8.97. The van der Waals surface area contributed by atoms with Gasteiger partial charge in [0.05, 0.1) is 12.2 Å². The summed E-state index contributed by atoms with van der Waals surface area (Å²) >= 11 is 0. The lowest BCUT2D eigenvalue weighted by molar-refractivity contribution is -0.141. The molecule has 1 aromatic carbocycles. The third-order valence-electron chi connectivity index (χ3n) is 5.38. The maximum absolute atomic E-state index is 13.2. The van der Waals surface area contributed by atoms with Crippen molar-refractivity contribution in [3.63, 3.8) is 0 Å². The zero-order chi connectivity index (χ0) is 19.0. The Bertz CT molecular complexity index is 876. The molecule has 27 heavy (non-hydrogen) atoms. The highest BCUT2D eigenvalue weighted by Crippen LogP contribution is 2.28. The number of amides is 2. The molecule has 2 atom stereocenters. The van der Waals surface area contributed by atoms with E-state index in [2.05, 4.69) is 0 Å². The van der Waals surface area contributed by atoms with Crippen LogP contribution in [-0.4, -0.2) is 51.8 Å². The number of carboxylic acids is 1. The van der Waals surface area contributed by atoms with E-state index in [0.717, 1.165) is 11.1 Å². The fourth-order valence-electron chi connectivity index (χ4n) is 3.87. The average molecular weight is 368 g/mol. The quantitative estimate of drug-likeness (QED) is 0.892. The molecular formula is C20H20N2O5. The number of carboxylic acid groups (broad SMARTS) is 1. The first kappa shape index (κ1) is 17.3. The van der Waals surface area contributed by atoms with E-state index in [0.29, 0.717) is 25.9 Å². The van der Waals surface area contributed by atoms with Crippen LogP contribution in [0, 0.1) is 5.92 Å². The molecule has 1 saturated heterocycles. The summed E-state index contributed by atoms with van der Waals surface area (Å²) in [7, 11) is 0. The molecule has 0 bridgehead atoms. The van der Waals surface area contributed by atoms with Crippen LogP contribution in [0.5, 0.6) is 0 Å². The molecule has 2 amide bonds. The van der Waals surface area contributed by atoms with Crippen molar-refractivity contribution in [2.75, 3.05) is 13.1 Å². The summed E-state index contributed by atoms with van der Waals surface area (Å²) in [4.78, 5) is 40.4. The smallest absolute Gasteiger partial charge is 0.308 e. The molecule has 0 saturated carbocycles. The van der Waals surface area contributed by atoms with E-state index in [-0.39, 0.29) is 24.1 Å². The van der Waals surface area contributed by atoms with E-state index in [4.69, 9.17) is 4.42 Å². The van der Waals surface area contributed by atoms with Crippen LogP contribution >= 0.6 is 0 Å². The fourth-order valence-corrected chi connectivity index (χ4v) is 3.87. The van der Waals surface area contributed by atoms with Crippen molar-refractivity contribution < 1.29 is 23.9 Å². The van der Waals surface area contributed by atoms with Gasteiger partial charge in [-0.2, -0.15) is 0 Å². The number of rotatable bonds is 3. The highest BCUT2D eigenvalue weighted by Gasteiger charge is 2.40. The van der Waals surface area contributed by atoms with E-state index < -0.39 is 17.9 Å². The molecule has 1 N–H and O–H groups in total. The summed E-state index contributed by atoms with van der Waals surface area (Å²) in [5.74, 6) is -1.77. The molecule has 2 aliphatic heterocycles. The van der Waals surface area contributed by atoms with Gasteiger partial charge in [-0.25, -0.2) is 0 Å². The summed E-state index contributed by atoms with van der Waals surface area (Å²) < 4.78 is 5.24. The third kappa shape index (κ3) is 3.20. The minimum atomic E-state index is -0.886. The van der Waals surface area contributed by atoms with Crippen molar-refractivity contribution in [2.24, 2.45) is 5.92 Å². The van der Waals surface area contributed by atoms with Gasteiger partial charge in [0.15, 0.2) is 5.76 Å². The lowest BCUT2D eigenvalue weighted by Gasteiger charge is -2.37. The van der Waals surface area contributed by atoms with Gasteiger partial charge < -0.3 is 19.3 Å². The standard InChI is InChI=1S/C20H20N2O5/c23-18(21-8-7-15(11-21)20(25)26)16-10-13-4-1-2-5-14(13)12-22(16)19(24)17-6-3-9-27-17/h1-6,9,15-16H,7-8,10-12H2,(H,25,26). The second kappa shape index (κ2) is 6.90. The molecule has 0 aliphatic carbocycles. The zero-order valence-electron chi connectivity index (χ0n) is 14.7. The van der Waals surface area contributed by atoms with Crippen molar-refractivity contribution in [1.82, 2.24) is 9.80 Å². The maximum Gasteiger partial charge on any atom is 0.308 e. The first-order chi connectivity index (χ1) is 13.0. The molecule has 3 heterocycles. The van der Waals surface area contributed by atoms with Gasteiger partial charge in [0.2, 0.25) is 5.91 Å². The summed E-state index contributed by atoms with van der Waals surface area (Å²) in [5, 5.41) is 9.20. The fraction of sp³-hybridized carbons (Fsp3) is 0.350. The molecule has 7 heteroatoms. The summed E-state index contributed by atoms with van der Waals surface area (Å²) in [6.07, 6.45) is 2.28. The van der Waals surface area contributed by atoms with Crippen LogP contribution < -0.4 is 0 Å². The van der Waals surface area contributed by atoms with Crippen LogP contribution in [0.15, 0.2) is 47.1 Å². The summed E-state index contributed by atoms with van der Waals surface area (Å²) in [5.41, 5.74) is 2.04. The Morgan fingerprint density at radius 1 is 1.07 bits per heavy atom. The van der Waals surface area contributed by atoms with Crippen LogP contribution in [0.2, 0.25) is 0 Å². The molecule has 140 valence electrons. The molecule has 0 radical (unpaired) electrons. The number of likely N-dealkylation sites (tertiary alicyclic amines) is 1. The maximum atomic E-state index is 13.2. The number of carbonyl (C=O) groups is 3. The Balaban J connectivity index is 1.62. The highest BCUT2D eigenvalue weighted by atomic mass is 16.4. The first-order valence-corrected chi connectivity index (χ1v) is 8.97. The van der Waals surface area contributed by atoms with Crippen LogP contribution in [0.25, 0.3) is 0 Å². The molecule has 1 aromatic heterocycles. The Morgan fingerprint density at radius 2 is 1.85 bits per heavy atom. The molecule has 2 aliphatic rings. The normalized spacial score (nSPS) is 21.8. The molecule has 0 spiro atoms. The topological polar surface area (TPSA) is 91.1 Å². The zero-order valence-corrected chi connectivity index (χ0v) is 14.7. The Morgan fingerprint density at radius 3 is 2.52 bits per heavy atom. The van der Waals surface area contributed by atoms with Gasteiger partial charge in [-0.1, -0.05) is 24.3 Å². The van der Waals surface area contributed by atoms with E-state index in [9.17, 15) is 19.5 Å². The summed E-state index contributed by atoms with van der Waals surface area (Å²) in [6, 6.07) is 10.3. The monoisotopic (exact) mass is 368 g/mol. The van der Waals surface area contributed by atoms with Gasteiger partial charge >= 0.3 is 5.97 Å². The van der Waals surface area contributed by atoms with Crippen molar-refractivity contribution in [2.45, 2.75) is 25.4 Å². The Hall–Kier alpha value is -3.09. The lowest BCUT2D eigenvalue weighted by Crippen LogP contribution is -2.53. The van der Waals surface area contributed by atoms with Gasteiger partial charge in [-0.15, -0.1) is 0 Å². The minimum absolute atomic E-state index is 0.190. The lowest BCUT2D eigenvalue weighted by atomic mass is 9.93. The number of hydrogen-bond acceptors (Lipinski definition) is 4. The van der Waals surface area contributed by atoms with Gasteiger partial charge in [-0.3, -0.25) is 14.4 Å². The number of nitrogens with zero attached hydrogens (tertiary/aromatic N) is 2. The van der Waals surface area contributed by atoms with Crippen LogP contribution in [0.4, 0.5) is 0 Å². The van der Waals surface area contributed by atoms with E-state index >= 15 is 0 Å². The Kier molecular flexibility index (Phi) is 4.43. The highest BCUT2D eigenvalue weighted by molar-refractivity contribution is 5.96. The van der Waals surface area contributed by atoms with E-state index in [1.54, 1.807) is 17.0 Å². The molecule has 2 aromatic rings. The van der Waals surface area contributed by atoms with Gasteiger partial charge in [-0.05, 0) is 29.7 Å². The largest absolute Gasteiger partial charge is 0.481 e. The van der Waals surface area contributed by atoms with Crippen LogP contribution in [-0.2, 0) is 22.6 Å². The van der Waals surface area contributed by atoms with Crippen molar-refractivity contribution in [1.29, 1.82) is 0 Å². The number of hydrogen-bond donors (Lipinski definition) is 1. The minimum Gasteiger partial charge on any atom is -0.481 e. The van der Waals surface area contributed by atoms with E-state index in [1.807, 2.05) is 24.3 Å². The molecule has 7 nitrogen and oxygen atoms in total. The van der Waals surface area contributed by atoms with Gasteiger partial charge in [0.1, 0.15) is 6.04 Å². The molecule has 4 rings (SSSR count). The van der Waals surface area contributed by atoms with Gasteiger partial charge in [0, 0.05) is 26.1 Å². The van der Waals surface area contributed by atoms with Crippen molar-refractivity contribution in [3.05, 3.63) is 59.5 Å². The molecule has 2 unspecified atom stereocenters. The predicted molar refractivity (Wildman–Crippen MR) is 94.8 cm³/mol. The third-order valence-corrected chi connectivity index (χ3v) is 5.38. The summed E-state index contributed by atoms with van der Waals surface area (Å²) in [6.45, 7) is 0.911. The number of aliphatic carboxylic acids is 1. The predicted octanol–water partition coefficient (Wildman–Crippen LogP) is 1.78. The van der Waals surface area contributed by atoms with Crippen LogP contribution in [0.3, 0.4) is 0 Å². The second-order valence-corrected chi connectivity index (χ2v) is 7.01. The molecule has 1 fully saturated rings. The Labute approximate surface area is 156 Å². The second-order valence-electron chi connectivity index (χ2n) is 7.01. The molecular weight excluding hydrogens is 348 g/mol. The number of benzene rings is 1. The average Bonchev–Trinajstić information content (AvgIpc) is 3.37. The van der Waals surface area contributed by atoms with Crippen LogP contribution in [0.1, 0.15) is 28.1 Å².